The van der Waals surface area contributed by atoms with Crippen LogP contribution in [-0.2, 0) is 4.79 Å². The van der Waals surface area contributed by atoms with Crippen LogP contribution in [0.3, 0.4) is 0 Å². The third-order valence-corrected chi connectivity index (χ3v) is 3.86. The molecule has 2 aromatic rings. The Labute approximate surface area is 146 Å². The Balaban J connectivity index is 2.00. The van der Waals surface area contributed by atoms with Crippen molar-refractivity contribution in [2.75, 3.05) is 5.32 Å². The van der Waals surface area contributed by atoms with Crippen molar-refractivity contribution in [3.63, 3.8) is 0 Å². The zero-order chi connectivity index (χ0) is 17.0. The van der Waals surface area contributed by atoms with Crippen LogP contribution in [0.15, 0.2) is 46.9 Å². The van der Waals surface area contributed by atoms with Crippen molar-refractivity contribution in [3.05, 3.63) is 57.5 Å². The molecule has 1 unspecified atom stereocenters. The van der Waals surface area contributed by atoms with Crippen LogP contribution in [-0.4, -0.2) is 17.9 Å². The fraction of sp³-hybridized carbons (Fsp3) is 0.125. The van der Waals surface area contributed by atoms with E-state index in [1.165, 1.54) is 0 Å². The number of anilines is 1. The van der Waals surface area contributed by atoms with Gasteiger partial charge < -0.3 is 15.8 Å². The molecule has 3 N–H and O–H groups in total. The normalized spacial score (nSPS) is 11.6. The summed E-state index contributed by atoms with van der Waals surface area (Å²) in [5, 5.41) is 3.27. The summed E-state index contributed by atoms with van der Waals surface area (Å²) < 4.78 is 6.27. The van der Waals surface area contributed by atoms with Crippen molar-refractivity contribution in [3.8, 4) is 5.75 Å². The van der Waals surface area contributed by atoms with Gasteiger partial charge in [0.25, 0.3) is 5.91 Å². The standard InChI is InChI=1S/C16H14BrClN2O3/c1-9(23-14-7-4-11(18)8-13(14)17)16(22)20-12-5-2-10(3-6-12)15(19)21/h2-9H,1H3,(H2,19,21)(H,20,22). The Hall–Kier alpha value is -2.05. The van der Waals surface area contributed by atoms with E-state index in [2.05, 4.69) is 21.2 Å². The van der Waals surface area contributed by atoms with Gasteiger partial charge in [0.05, 0.1) is 4.47 Å². The van der Waals surface area contributed by atoms with Gasteiger partial charge in [-0.05, 0) is 65.3 Å². The van der Waals surface area contributed by atoms with Gasteiger partial charge in [-0.15, -0.1) is 0 Å². The van der Waals surface area contributed by atoms with E-state index in [0.717, 1.165) is 0 Å². The maximum Gasteiger partial charge on any atom is 0.265 e. The van der Waals surface area contributed by atoms with Crippen molar-refractivity contribution in [2.24, 2.45) is 5.73 Å². The van der Waals surface area contributed by atoms with Gasteiger partial charge in [-0.25, -0.2) is 0 Å². The molecule has 0 aliphatic rings. The van der Waals surface area contributed by atoms with E-state index in [4.69, 9.17) is 22.1 Å². The number of halogens is 2. The number of hydrogen-bond donors (Lipinski definition) is 2. The van der Waals surface area contributed by atoms with Gasteiger partial charge in [-0.1, -0.05) is 11.6 Å². The number of carbonyl (C=O) groups excluding carboxylic acids is 2. The number of rotatable bonds is 5. The topological polar surface area (TPSA) is 81.4 Å². The third-order valence-electron chi connectivity index (χ3n) is 3.00. The molecule has 0 bridgehead atoms. The zero-order valence-corrected chi connectivity index (χ0v) is 14.5. The average Bonchev–Trinajstić information content (AvgIpc) is 2.50. The molecule has 120 valence electrons. The third kappa shape index (κ3) is 4.71. The fourth-order valence-corrected chi connectivity index (χ4v) is 2.55. The molecule has 0 heterocycles. The highest BCUT2D eigenvalue weighted by molar-refractivity contribution is 9.10. The highest BCUT2D eigenvalue weighted by Crippen LogP contribution is 2.28. The van der Waals surface area contributed by atoms with Gasteiger partial charge in [-0.3, -0.25) is 9.59 Å². The molecule has 0 aromatic heterocycles. The lowest BCUT2D eigenvalue weighted by molar-refractivity contribution is -0.122. The summed E-state index contributed by atoms with van der Waals surface area (Å²) in [4.78, 5) is 23.1. The van der Waals surface area contributed by atoms with Crippen LogP contribution in [0.2, 0.25) is 5.02 Å². The molecule has 5 nitrogen and oxygen atoms in total. The van der Waals surface area contributed by atoms with Gasteiger partial charge in [0, 0.05) is 16.3 Å². The Morgan fingerprint density at radius 3 is 2.43 bits per heavy atom. The molecule has 2 amide bonds. The highest BCUT2D eigenvalue weighted by atomic mass is 79.9. The molecular weight excluding hydrogens is 384 g/mol. The van der Waals surface area contributed by atoms with Crippen molar-refractivity contribution in [1.29, 1.82) is 0 Å². The second-order valence-electron chi connectivity index (χ2n) is 4.77. The van der Waals surface area contributed by atoms with Crippen molar-refractivity contribution in [1.82, 2.24) is 0 Å². The van der Waals surface area contributed by atoms with Gasteiger partial charge in [0.2, 0.25) is 5.91 Å². The molecule has 2 rings (SSSR count). The van der Waals surface area contributed by atoms with E-state index >= 15 is 0 Å². The van der Waals surface area contributed by atoms with Gasteiger partial charge in [0.15, 0.2) is 6.10 Å². The molecule has 7 heteroatoms. The van der Waals surface area contributed by atoms with E-state index < -0.39 is 12.0 Å². The summed E-state index contributed by atoms with van der Waals surface area (Å²) in [6.07, 6.45) is -0.719. The Kier molecular flexibility index (Phi) is 5.63. The maximum absolute atomic E-state index is 12.1. The molecule has 0 aliphatic heterocycles. The van der Waals surface area contributed by atoms with Crippen LogP contribution >= 0.6 is 27.5 Å². The van der Waals surface area contributed by atoms with Crippen molar-refractivity contribution in [2.45, 2.75) is 13.0 Å². The Bertz CT molecular complexity index is 735. The summed E-state index contributed by atoms with van der Waals surface area (Å²) in [6, 6.07) is 11.3. The summed E-state index contributed by atoms with van der Waals surface area (Å²) >= 11 is 9.19. The monoisotopic (exact) mass is 396 g/mol. The number of benzene rings is 2. The Morgan fingerprint density at radius 2 is 1.87 bits per heavy atom. The van der Waals surface area contributed by atoms with Gasteiger partial charge in [-0.2, -0.15) is 0 Å². The fourth-order valence-electron chi connectivity index (χ4n) is 1.78. The van der Waals surface area contributed by atoms with Crippen LogP contribution in [0.1, 0.15) is 17.3 Å². The van der Waals surface area contributed by atoms with E-state index in [1.54, 1.807) is 49.4 Å². The number of primary amides is 1. The van der Waals surface area contributed by atoms with E-state index in [0.29, 0.717) is 26.5 Å². The number of ether oxygens (including phenoxy) is 1. The van der Waals surface area contributed by atoms with Crippen LogP contribution in [0.5, 0.6) is 5.75 Å². The lowest BCUT2D eigenvalue weighted by Gasteiger charge is -2.16. The molecule has 0 saturated carbocycles. The minimum atomic E-state index is -0.719. The molecule has 0 saturated heterocycles. The molecular formula is C16H14BrClN2O3. The number of amides is 2. The van der Waals surface area contributed by atoms with Crippen molar-refractivity contribution < 1.29 is 14.3 Å². The summed E-state index contributed by atoms with van der Waals surface area (Å²) in [7, 11) is 0. The first kappa shape index (κ1) is 17.3. The maximum atomic E-state index is 12.1. The number of nitrogens with two attached hydrogens (primary N) is 1. The minimum Gasteiger partial charge on any atom is -0.480 e. The average molecular weight is 398 g/mol. The molecule has 0 spiro atoms. The minimum absolute atomic E-state index is 0.321. The highest BCUT2D eigenvalue weighted by Gasteiger charge is 2.16. The zero-order valence-electron chi connectivity index (χ0n) is 12.2. The first-order valence-electron chi connectivity index (χ1n) is 6.69. The van der Waals surface area contributed by atoms with Crippen LogP contribution in [0, 0.1) is 0 Å². The molecule has 0 radical (unpaired) electrons. The number of carbonyl (C=O) groups is 2. The second kappa shape index (κ2) is 7.48. The van der Waals surface area contributed by atoms with Crippen LogP contribution in [0.25, 0.3) is 0 Å². The lowest BCUT2D eigenvalue weighted by Crippen LogP contribution is -2.30. The number of nitrogens with one attached hydrogen (secondary N) is 1. The van der Waals surface area contributed by atoms with E-state index in [-0.39, 0.29) is 5.91 Å². The van der Waals surface area contributed by atoms with E-state index in [9.17, 15) is 9.59 Å². The summed E-state index contributed by atoms with van der Waals surface area (Å²) in [5.74, 6) is -0.327. The molecule has 0 fully saturated rings. The quantitative estimate of drug-likeness (QED) is 0.808. The predicted molar refractivity (Wildman–Crippen MR) is 92.8 cm³/mol. The van der Waals surface area contributed by atoms with Crippen LogP contribution < -0.4 is 15.8 Å². The van der Waals surface area contributed by atoms with Crippen molar-refractivity contribution >= 4 is 45.0 Å². The van der Waals surface area contributed by atoms with E-state index in [1.807, 2.05) is 0 Å². The molecule has 1 atom stereocenters. The number of hydrogen-bond acceptors (Lipinski definition) is 3. The summed E-state index contributed by atoms with van der Waals surface area (Å²) in [6.45, 7) is 1.63. The molecule has 0 aliphatic carbocycles. The summed E-state index contributed by atoms with van der Waals surface area (Å²) in [5.41, 5.74) is 6.08. The smallest absolute Gasteiger partial charge is 0.265 e. The molecule has 23 heavy (non-hydrogen) atoms. The molecule has 2 aromatic carbocycles. The van der Waals surface area contributed by atoms with Gasteiger partial charge in [0.1, 0.15) is 5.75 Å². The first-order valence-corrected chi connectivity index (χ1v) is 7.86. The largest absolute Gasteiger partial charge is 0.480 e. The Morgan fingerprint density at radius 1 is 1.22 bits per heavy atom. The second-order valence-corrected chi connectivity index (χ2v) is 6.06. The van der Waals surface area contributed by atoms with Gasteiger partial charge >= 0.3 is 0 Å². The lowest BCUT2D eigenvalue weighted by atomic mass is 10.2. The predicted octanol–water partition coefficient (Wildman–Crippen LogP) is 3.61. The first-order chi connectivity index (χ1) is 10.9. The van der Waals surface area contributed by atoms with Crippen LogP contribution in [0.4, 0.5) is 5.69 Å². The SMILES string of the molecule is CC(Oc1ccc(Cl)cc1Br)C(=O)Nc1ccc(C(N)=O)cc1.